The Morgan fingerprint density at radius 1 is 1.25 bits per heavy atom. The molecule has 0 N–H and O–H groups in total. The second kappa shape index (κ2) is 6.84. The molecule has 1 saturated heterocycles. The monoisotopic (exact) mass is 353 g/mol. The molecule has 0 unspecified atom stereocenters. The molecule has 5 nitrogen and oxygen atoms in total. The minimum absolute atomic E-state index is 0.274. The molecular formula is C18H27NO4S. The first-order chi connectivity index (χ1) is 11.1. The van der Waals surface area contributed by atoms with Gasteiger partial charge in [0, 0.05) is 12.6 Å². The third-order valence-electron chi connectivity index (χ3n) is 4.25. The molecule has 0 spiro atoms. The molecule has 2 rings (SSSR count). The van der Waals surface area contributed by atoms with E-state index in [2.05, 4.69) is 0 Å². The molecule has 0 saturated carbocycles. The predicted octanol–water partition coefficient (Wildman–Crippen LogP) is 3.13. The van der Waals surface area contributed by atoms with Gasteiger partial charge in [0.2, 0.25) is 10.0 Å². The average molecular weight is 353 g/mol. The summed E-state index contributed by atoms with van der Waals surface area (Å²) in [6.45, 7) is 9.63. The molecule has 6 heteroatoms. The van der Waals surface area contributed by atoms with Gasteiger partial charge in [0.1, 0.15) is 5.60 Å². The van der Waals surface area contributed by atoms with E-state index in [1.807, 2.05) is 34.6 Å². The van der Waals surface area contributed by atoms with Crippen LogP contribution in [-0.4, -0.2) is 36.9 Å². The number of ether oxygens (including phenoxy) is 1. The van der Waals surface area contributed by atoms with Crippen LogP contribution < -0.4 is 0 Å². The van der Waals surface area contributed by atoms with Gasteiger partial charge in [-0.3, -0.25) is 4.79 Å². The van der Waals surface area contributed by atoms with Gasteiger partial charge in [-0.1, -0.05) is 24.6 Å². The van der Waals surface area contributed by atoms with E-state index in [0.717, 1.165) is 5.56 Å². The summed E-state index contributed by atoms with van der Waals surface area (Å²) in [7, 11) is -3.60. The van der Waals surface area contributed by atoms with Crippen molar-refractivity contribution in [1.29, 1.82) is 0 Å². The highest BCUT2D eigenvalue weighted by Crippen LogP contribution is 2.33. The Balaban J connectivity index is 2.25. The van der Waals surface area contributed by atoms with Crippen LogP contribution >= 0.6 is 0 Å². The first kappa shape index (κ1) is 18.9. The van der Waals surface area contributed by atoms with Crippen molar-refractivity contribution in [1.82, 2.24) is 4.31 Å². The molecule has 24 heavy (non-hydrogen) atoms. The summed E-state index contributed by atoms with van der Waals surface area (Å²) >= 11 is 0. The maximum absolute atomic E-state index is 12.9. The first-order valence-electron chi connectivity index (χ1n) is 8.37. The lowest BCUT2D eigenvalue weighted by Gasteiger charge is -2.28. The second-order valence-corrected chi connectivity index (χ2v) is 9.22. The lowest BCUT2D eigenvalue weighted by molar-refractivity contribution is -0.160. The van der Waals surface area contributed by atoms with Gasteiger partial charge < -0.3 is 4.74 Å². The Labute approximate surface area is 145 Å². The molecule has 1 aliphatic heterocycles. The molecule has 0 aromatic heterocycles. The molecule has 0 radical (unpaired) electrons. The molecule has 1 fully saturated rings. The molecule has 1 aliphatic rings. The number of aryl methyl sites for hydroxylation is 1. The molecule has 0 aliphatic carbocycles. The number of hydrogen-bond acceptors (Lipinski definition) is 4. The van der Waals surface area contributed by atoms with Crippen LogP contribution in [0.25, 0.3) is 0 Å². The van der Waals surface area contributed by atoms with Crippen LogP contribution in [0.4, 0.5) is 0 Å². The van der Waals surface area contributed by atoms with Crippen LogP contribution in [0.1, 0.15) is 46.1 Å². The summed E-state index contributed by atoms with van der Waals surface area (Å²) in [5.41, 5.74) is 0.438. The number of rotatable bonds is 4. The summed E-state index contributed by atoms with van der Waals surface area (Å²) in [6, 6.07) is 6.46. The predicted molar refractivity (Wildman–Crippen MR) is 93.1 cm³/mol. The van der Waals surface area contributed by atoms with Gasteiger partial charge in [0.15, 0.2) is 0 Å². The molecule has 1 aromatic carbocycles. The van der Waals surface area contributed by atoms with Crippen molar-refractivity contribution >= 4 is 16.0 Å². The van der Waals surface area contributed by atoms with Crippen LogP contribution in [0.5, 0.6) is 0 Å². The fraction of sp³-hybridized carbons (Fsp3) is 0.611. The van der Waals surface area contributed by atoms with E-state index in [0.29, 0.717) is 19.4 Å². The van der Waals surface area contributed by atoms with E-state index < -0.39 is 21.5 Å². The summed E-state index contributed by atoms with van der Waals surface area (Å²) in [4.78, 5) is 12.7. The molecule has 2 atom stereocenters. The minimum atomic E-state index is -3.60. The highest BCUT2D eigenvalue weighted by Gasteiger charge is 2.45. The number of carbonyl (C=O) groups excluding carboxylic acids is 1. The van der Waals surface area contributed by atoms with E-state index in [-0.39, 0.29) is 16.9 Å². The van der Waals surface area contributed by atoms with Crippen LogP contribution in [0.2, 0.25) is 0 Å². The van der Waals surface area contributed by atoms with Crippen LogP contribution in [0.3, 0.4) is 0 Å². The Hall–Kier alpha value is -1.40. The zero-order chi connectivity index (χ0) is 18.1. The SMILES string of the molecule is CC[C@H]1[C@@H](C(=O)OC(C)(C)C)CCN1S(=O)(=O)c1ccc(C)cc1. The van der Waals surface area contributed by atoms with Gasteiger partial charge in [0.05, 0.1) is 10.8 Å². The summed E-state index contributed by atoms with van der Waals surface area (Å²) < 4.78 is 32.8. The fourth-order valence-electron chi connectivity index (χ4n) is 3.11. The number of esters is 1. The average Bonchev–Trinajstić information content (AvgIpc) is 2.90. The lowest BCUT2D eigenvalue weighted by atomic mass is 9.98. The van der Waals surface area contributed by atoms with Crippen molar-refractivity contribution in [3.8, 4) is 0 Å². The minimum Gasteiger partial charge on any atom is -0.460 e. The Morgan fingerprint density at radius 3 is 2.33 bits per heavy atom. The quantitative estimate of drug-likeness (QED) is 0.780. The van der Waals surface area contributed by atoms with Crippen molar-refractivity contribution in [2.24, 2.45) is 5.92 Å². The highest BCUT2D eigenvalue weighted by atomic mass is 32.2. The standard InChI is InChI=1S/C18H27NO4S/c1-6-16-15(17(20)23-18(3,4)5)11-12-19(16)24(21,22)14-9-7-13(2)8-10-14/h7-10,15-16H,6,11-12H2,1-5H3/t15-,16-/m0/s1. The first-order valence-corrected chi connectivity index (χ1v) is 9.81. The molecule has 0 bridgehead atoms. The van der Waals surface area contributed by atoms with E-state index in [1.54, 1.807) is 24.3 Å². The Morgan fingerprint density at radius 2 is 1.83 bits per heavy atom. The topological polar surface area (TPSA) is 63.7 Å². The van der Waals surface area contributed by atoms with Gasteiger partial charge in [0.25, 0.3) is 0 Å². The van der Waals surface area contributed by atoms with Gasteiger partial charge >= 0.3 is 5.97 Å². The zero-order valence-corrected chi connectivity index (χ0v) is 15.9. The highest BCUT2D eigenvalue weighted by molar-refractivity contribution is 7.89. The van der Waals surface area contributed by atoms with Gasteiger partial charge in [-0.25, -0.2) is 8.42 Å². The number of carbonyl (C=O) groups is 1. The number of sulfonamides is 1. The van der Waals surface area contributed by atoms with Crippen molar-refractivity contribution < 1.29 is 17.9 Å². The lowest BCUT2D eigenvalue weighted by Crippen LogP contribution is -2.41. The van der Waals surface area contributed by atoms with Crippen LogP contribution in [0.15, 0.2) is 29.2 Å². The Kier molecular flexibility index (Phi) is 5.40. The molecule has 1 heterocycles. The fourth-order valence-corrected chi connectivity index (χ4v) is 4.86. The summed E-state index contributed by atoms with van der Waals surface area (Å²) in [5, 5.41) is 0. The largest absolute Gasteiger partial charge is 0.460 e. The number of nitrogens with zero attached hydrogens (tertiary/aromatic N) is 1. The molecule has 1 aromatic rings. The molecule has 0 amide bonds. The third kappa shape index (κ3) is 3.98. The van der Waals surface area contributed by atoms with Crippen LogP contribution in [-0.2, 0) is 19.6 Å². The van der Waals surface area contributed by atoms with E-state index in [4.69, 9.17) is 4.74 Å². The van der Waals surface area contributed by atoms with Crippen molar-refractivity contribution in [2.75, 3.05) is 6.54 Å². The van der Waals surface area contributed by atoms with Crippen molar-refractivity contribution in [2.45, 2.75) is 64.0 Å². The summed E-state index contributed by atoms with van der Waals surface area (Å²) in [6.07, 6.45) is 1.08. The zero-order valence-electron chi connectivity index (χ0n) is 15.1. The van der Waals surface area contributed by atoms with E-state index >= 15 is 0 Å². The van der Waals surface area contributed by atoms with Gasteiger partial charge in [-0.2, -0.15) is 4.31 Å². The van der Waals surface area contributed by atoms with Crippen molar-refractivity contribution in [3.63, 3.8) is 0 Å². The molecule has 134 valence electrons. The normalized spacial score (nSPS) is 22.5. The number of hydrogen-bond donors (Lipinski definition) is 0. The van der Waals surface area contributed by atoms with Crippen molar-refractivity contribution in [3.05, 3.63) is 29.8 Å². The number of benzene rings is 1. The second-order valence-electron chi connectivity index (χ2n) is 7.33. The third-order valence-corrected chi connectivity index (χ3v) is 6.19. The maximum atomic E-state index is 12.9. The summed E-state index contributed by atoms with van der Waals surface area (Å²) in [5.74, 6) is -0.717. The maximum Gasteiger partial charge on any atom is 0.311 e. The van der Waals surface area contributed by atoms with E-state index in [1.165, 1.54) is 4.31 Å². The van der Waals surface area contributed by atoms with Gasteiger partial charge in [-0.05, 0) is 52.7 Å². The molecular weight excluding hydrogens is 326 g/mol. The smallest absolute Gasteiger partial charge is 0.311 e. The Bertz CT molecular complexity index is 689. The van der Waals surface area contributed by atoms with Gasteiger partial charge in [-0.15, -0.1) is 0 Å². The van der Waals surface area contributed by atoms with E-state index in [9.17, 15) is 13.2 Å². The van der Waals surface area contributed by atoms with Crippen LogP contribution in [0, 0.1) is 12.8 Å².